The first kappa shape index (κ1) is 14.4. The molecule has 2 N–H and O–H groups in total. The van der Waals surface area contributed by atoms with Crippen LogP contribution in [0.5, 0.6) is 0 Å². The number of aliphatic carboxylic acids is 1. The lowest BCUT2D eigenvalue weighted by Gasteiger charge is -2.11. The number of carboxylic acid groups (broad SMARTS) is 1. The molecular weight excluding hydrogens is 264 g/mol. The second-order valence-electron chi connectivity index (χ2n) is 3.37. The van der Waals surface area contributed by atoms with Gasteiger partial charge in [-0.25, -0.2) is 13.6 Å². The molecule has 1 atom stereocenters. The van der Waals surface area contributed by atoms with E-state index in [1.165, 1.54) is 12.1 Å². The fourth-order valence-corrected chi connectivity index (χ4v) is 1.72. The number of amides is 1. The van der Waals surface area contributed by atoms with Crippen LogP contribution in [0.2, 0.25) is 0 Å². The number of carboxylic acids is 1. The van der Waals surface area contributed by atoms with Crippen LogP contribution < -0.4 is 5.32 Å². The molecule has 1 aromatic carbocycles. The molecule has 0 aromatic heterocycles. The van der Waals surface area contributed by atoms with Gasteiger partial charge in [-0.1, -0.05) is 0 Å². The molecule has 0 saturated carbocycles. The SMILES string of the molecule is CSc1cc(C(=O)NC(CF)C(=O)O)ccc1F. The molecule has 1 aromatic rings. The van der Waals surface area contributed by atoms with Crippen LogP contribution in [0.1, 0.15) is 10.4 Å². The number of hydrogen-bond donors (Lipinski definition) is 2. The van der Waals surface area contributed by atoms with E-state index in [-0.39, 0.29) is 10.5 Å². The van der Waals surface area contributed by atoms with E-state index < -0.39 is 30.4 Å². The van der Waals surface area contributed by atoms with Gasteiger partial charge in [0.25, 0.3) is 5.91 Å². The lowest BCUT2D eigenvalue weighted by molar-refractivity contribution is -0.139. The zero-order valence-electron chi connectivity index (χ0n) is 9.44. The Morgan fingerprint density at radius 3 is 2.67 bits per heavy atom. The van der Waals surface area contributed by atoms with Crippen molar-refractivity contribution in [3.05, 3.63) is 29.6 Å². The molecule has 0 spiro atoms. The Morgan fingerprint density at radius 2 is 2.17 bits per heavy atom. The number of benzene rings is 1. The van der Waals surface area contributed by atoms with Crippen LogP contribution in [0.4, 0.5) is 8.78 Å². The maximum Gasteiger partial charge on any atom is 0.328 e. The number of carbonyl (C=O) groups is 2. The summed E-state index contributed by atoms with van der Waals surface area (Å²) in [7, 11) is 0. The first-order valence-corrected chi connectivity index (χ1v) is 6.15. The Kier molecular flexibility index (Phi) is 5.08. The largest absolute Gasteiger partial charge is 0.480 e. The fourth-order valence-electron chi connectivity index (χ4n) is 1.21. The van der Waals surface area contributed by atoms with Gasteiger partial charge in [0.2, 0.25) is 0 Å². The van der Waals surface area contributed by atoms with Gasteiger partial charge in [-0.15, -0.1) is 11.8 Å². The van der Waals surface area contributed by atoms with Gasteiger partial charge in [0.1, 0.15) is 12.5 Å². The van der Waals surface area contributed by atoms with Gasteiger partial charge in [-0.2, -0.15) is 0 Å². The molecule has 0 heterocycles. The number of carbonyl (C=O) groups excluding carboxylic acids is 1. The number of halogens is 2. The van der Waals surface area contributed by atoms with E-state index in [1.54, 1.807) is 6.26 Å². The predicted octanol–water partition coefficient (Wildman–Crippen LogP) is 1.70. The number of thioether (sulfide) groups is 1. The summed E-state index contributed by atoms with van der Waals surface area (Å²) in [4.78, 5) is 22.4. The third kappa shape index (κ3) is 3.43. The van der Waals surface area contributed by atoms with Crippen LogP contribution in [0.15, 0.2) is 23.1 Å². The van der Waals surface area contributed by atoms with Crippen LogP contribution in [-0.2, 0) is 4.79 Å². The van der Waals surface area contributed by atoms with Crippen molar-refractivity contribution >= 4 is 23.6 Å². The van der Waals surface area contributed by atoms with E-state index in [2.05, 4.69) is 0 Å². The molecule has 1 unspecified atom stereocenters. The molecule has 0 aliphatic rings. The molecule has 4 nitrogen and oxygen atoms in total. The normalized spacial score (nSPS) is 11.9. The molecule has 0 aliphatic carbocycles. The molecule has 1 amide bonds. The highest BCUT2D eigenvalue weighted by atomic mass is 32.2. The lowest BCUT2D eigenvalue weighted by atomic mass is 10.2. The number of alkyl halides is 1. The minimum Gasteiger partial charge on any atom is -0.480 e. The zero-order chi connectivity index (χ0) is 13.7. The predicted molar refractivity (Wildman–Crippen MR) is 63.0 cm³/mol. The van der Waals surface area contributed by atoms with Crippen LogP contribution in [0, 0.1) is 5.82 Å². The molecule has 0 fully saturated rings. The highest BCUT2D eigenvalue weighted by molar-refractivity contribution is 7.98. The second-order valence-corrected chi connectivity index (χ2v) is 4.22. The number of rotatable bonds is 5. The second kappa shape index (κ2) is 6.34. The van der Waals surface area contributed by atoms with Gasteiger partial charge in [-0.3, -0.25) is 4.79 Å². The van der Waals surface area contributed by atoms with Crippen LogP contribution in [0.25, 0.3) is 0 Å². The molecule has 0 radical (unpaired) electrons. The van der Waals surface area contributed by atoms with Gasteiger partial charge in [-0.05, 0) is 24.5 Å². The van der Waals surface area contributed by atoms with E-state index in [9.17, 15) is 18.4 Å². The Hall–Kier alpha value is -1.63. The van der Waals surface area contributed by atoms with Crippen molar-refractivity contribution < 1.29 is 23.5 Å². The fraction of sp³-hybridized carbons (Fsp3) is 0.273. The summed E-state index contributed by atoms with van der Waals surface area (Å²) in [6, 6.07) is 2.00. The molecule has 0 saturated heterocycles. The Labute approximate surface area is 106 Å². The van der Waals surface area contributed by atoms with Gasteiger partial charge in [0, 0.05) is 10.5 Å². The van der Waals surface area contributed by atoms with Gasteiger partial charge < -0.3 is 10.4 Å². The maximum absolute atomic E-state index is 13.2. The Bertz CT molecular complexity index is 468. The standard InChI is InChI=1S/C11H11F2NO3S/c1-18-9-4-6(2-3-7(9)13)10(15)14-8(5-12)11(16)17/h2-4,8H,5H2,1H3,(H,14,15)(H,16,17). The van der Waals surface area contributed by atoms with Crippen molar-refractivity contribution in [2.45, 2.75) is 10.9 Å². The Balaban J connectivity index is 2.87. The summed E-state index contributed by atoms with van der Waals surface area (Å²) in [6.07, 6.45) is 1.64. The summed E-state index contributed by atoms with van der Waals surface area (Å²) in [5.41, 5.74) is 0.0838. The molecule has 0 aliphatic heterocycles. The summed E-state index contributed by atoms with van der Waals surface area (Å²) in [5, 5.41) is 10.6. The summed E-state index contributed by atoms with van der Waals surface area (Å²) >= 11 is 1.11. The van der Waals surface area contributed by atoms with Gasteiger partial charge in [0.05, 0.1) is 0 Å². The van der Waals surface area contributed by atoms with Crippen LogP contribution in [0.3, 0.4) is 0 Å². The maximum atomic E-state index is 13.2. The Morgan fingerprint density at radius 1 is 1.50 bits per heavy atom. The monoisotopic (exact) mass is 275 g/mol. The highest BCUT2D eigenvalue weighted by Gasteiger charge is 2.20. The van der Waals surface area contributed by atoms with Crippen molar-refractivity contribution in [1.82, 2.24) is 5.32 Å². The number of nitrogens with one attached hydrogen (secondary N) is 1. The highest BCUT2D eigenvalue weighted by Crippen LogP contribution is 2.20. The summed E-state index contributed by atoms with van der Waals surface area (Å²) < 4.78 is 25.5. The average molecular weight is 275 g/mol. The van der Waals surface area contributed by atoms with Crippen molar-refractivity contribution in [2.24, 2.45) is 0 Å². The zero-order valence-corrected chi connectivity index (χ0v) is 10.3. The smallest absolute Gasteiger partial charge is 0.328 e. The summed E-state index contributed by atoms with van der Waals surface area (Å²) in [6.45, 7) is -1.21. The number of hydrogen-bond acceptors (Lipinski definition) is 3. The average Bonchev–Trinajstić information content (AvgIpc) is 2.35. The van der Waals surface area contributed by atoms with E-state index in [0.29, 0.717) is 0 Å². The van der Waals surface area contributed by atoms with Crippen molar-refractivity contribution in [1.29, 1.82) is 0 Å². The quantitative estimate of drug-likeness (QED) is 0.803. The van der Waals surface area contributed by atoms with E-state index in [1.807, 2.05) is 5.32 Å². The van der Waals surface area contributed by atoms with Gasteiger partial charge >= 0.3 is 5.97 Å². The lowest BCUT2D eigenvalue weighted by Crippen LogP contribution is -2.42. The molecule has 1 rings (SSSR count). The topological polar surface area (TPSA) is 66.4 Å². The molecular formula is C11H11F2NO3S. The molecule has 98 valence electrons. The summed E-state index contributed by atoms with van der Waals surface area (Å²) in [5.74, 6) is -2.69. The van der Waals surface area contributed by atoms with Crippen molar-refractivity contribution in [3.63, 3.8) is 0 Å². The third-order valence-corrected chi connectivity index (χ3v) is 2.92. The molecule has 18 heavy (non-hydrogen) atoms. The van der Waals surface area contributed by atoms with E-state index in [4.69, 9.17) is 5.11 Å². The van der Waals surface area contributed by atoms with E-state index >= 15 is 0 Å². The van der Waals surface area contributed by atoms with Crippen molar-refractivity contribution in [3.8, 4) is 0 Å². The first-order chi connectivity index (χ1) is 8.49. The van der Waals surface area contributed by atoms with Gasteiger partial charge in [0.15, 0.2) is 6.04 Å². The molecule has 7 heteroatoms. The minimum atomic E-state index is -1.60. The third-order valence-electron chi connectivity index (χ3n) is 2.17. The van der Waals surface area contributed by atoms with Crippen LogP contribution in [-0.4, -0.2) is 36.0 Å². The minimum absolute atomic E-state index is 0.0838. The molecule has 0 bridgehead atoms. The van der Waals surface area contributed by atoms with Crippen LogP contribution >= 0.6 is 11.8 Å². The van der Waals surface area contributed by atoms with Crippen molar-refractivity contribution in [2.75, 3.05) is 12.9 Å². The first-order valence-electron chi connectivity index (χ1n) is 4.92. The van der Waals surface area contributed by atoms with E-state index in [0.717, 1.165) is 17.8 Å².